The third kappa shape index (κ3) is 4.98. The molecule has 1 aromatic heterocycles. The summed E-state index contributed by atoms with van der Waals surface area (Å²) in [6.45, 7) is 3.33. The molecule has 32 heavy (non-hydrogen) atoms. The molecule has 5 nitrogen and oxygen atoms in total. The highest BCUT2D eigenvalue weighted by Gasteiger charge is 2.21. The molecule has 162 valence electrons. The summed E-state index contributed by atoms with van der Waals surface area (Å²) in [6, 6.07) is 20.6. The van der Waals surface area contributed by atoms with Crippen LogP contribution in [0.15, 0.2) is 76.0 Å². The van der Waals surface area contributed by atoms with Crippen molar-refractivity contribution in [2.24, 2.45) is 0 Å². The fourth-order valence-corrected chi connectivity index (χ4v) is 4.42. The van der Waals surface area contributed by atoms with Crippen LogP contribution in [0.5, 0.6) is 0 Å². The molecule has 0 aliphatic heterocycles. The highest BCUT2D eigenvalue weighted by atomic mass is 35.5. The van der Waals surface area contributed by atoms with Crippen molar-refractivity contribution in [2.45, 2.75) is 24.5 Å². The number of amides is 2. The molecule has 3 aromatic carbocycles. The largest absolute Gasteiger partial charge is 0.451 e. The summed E-state index contributed by atoms with van der Waals surface area (Å²) in [5.41, 5.74) is 3.69. The highest BCUT2D eigenvalue weighted by Crippen LogP contribution is 2.33. The van der Waals surface area contributed by atoms with Crippen LogP contribution >= 0.6 is 23.4 Å². The maximum atomic E-state index is 13.1. The average Bonchev–Trinajstić information content (AvgIpc) is 3.14. The summed E-state index contributed by atoms with van der Waals surface area (Å²) in [4.78, 5) is 25.5. The van der Waals surface area contributed by atoms with Gasteiger partial charge in [0.05, 0.1) is 0 Å². The predicted molar refractivity (Wildman–Crippen MR) is 131 cm³/mol. The van der Waals surface area contributed by atoms with Gasteiger partial charge in [-0.1, -0.05) is 29.8 Å². The van der Waals surface area contributed by atoms with Gasteiger partial charge in [0.25, 0.3) is 5.91 Å². The van der Waals surface area contributed by atoms with Gasteiger partial charge in [0.15, 0.2) is 5.76 Å². The Kier molecular flexibility index (Phi) is 6.53. The molecule has 2 amide bonds. The second-order valence-electron chi connectivity index (χ2n) is 7.31. The predicted octanol–water partition coefficient (Wildman–Crippen LogP) is 6.90. The minimum absolute atomic E-state index is 0.144. The number of furan rings is 1. The number of hydrogen-bond acceptors (Lipinski definition) is 4. The van der Waals surface area contributed by atoms with Crippen molar-refractivity contribution in [3.8, 4) is 0 Å². The first-order chi connectivity index (χ1) is 15.4. The number of nitrogens with one attached hydrogen (secondary N) is 2. The molecule has 7 heteroatoms. The average molecular weight is 465 g/mol. The Bertz CT molecular complexity index is 1300. The van der Waals surface area contributed by atoms with Gasteiger partial charge in [-0.3, -0.25) is 9.59 Å². The molecule has 0 saturated heterocycles. The van der Waals surface area contributed by atoms with Gasteiger partial charge >= 0.3 is 0 Å². The van der Waals surface area contributed by atoms with E-state index < -0.39 is 0 Å². The Balaban J connectivity index is 1.59. The van der Waals surface area contributed by atoms with Crippen molar-refractivity contribution in [3.05, 3.63) is 88.6 Å². The van der Waals surface area contributed by atoms with E-state index in [1.54, 1.807) is 23.9 Å². The van der Waals surface area contributed by atoms with Gasteiger partial charge in [-0.05, 0) is 61.0 Å². The van der Waals surface area contributed by atoms with Crippen LogP contribution in [-0.4, -0.2) is 11.8 Å². The van der Waals surface area contributed by atoms with Crippen molar-refractivity contribution >= 4 is 57.5 Å². The van der Waals surface area contributed by atoms with Crippen LogP contribution in [0.25, 0.3) is 11.0 Å². The summed E-state index contributed by atoms with van der Waals surface area (Å²) in [7, 11) is 0. The summed E-state index contributed by atoms with van der Waals surface area (Å²) in [5, 5.41) is 7.28. The molecule has 0 spiro atoms. The zero-order valence-corrected chi connectivity index (χ0v) is 19.1. The number of hydrogen-bond donors (Lipinski definition) is 2. The van der Waals surface area contributed by atoms with E-state index in [-0.39, 0.29) is 17.6 Å². The Labute approximate surface area is 195 Å². The van der Waals surface area contributed by atoms with E-state index in [1.807, 2.05) is 61.5 Å². The van der Waals surface area contributed by atoms with E-state index in [4.69, 9.17) is 16.0 Å². The molecule has 0 aliphatic carbocycles. The fourth-order valence-electron chi connectivity index (χ4n) is 3.37. The third-order valence-corrected chi connectivity index (χ3v) is 6.19. The van der Waals surface area contributed by atoms with Gasteiger partial charge in [-0.2, -0.15) is 0 Å². The Morgan fingerprint density at radius 1 is 1.00 bits per heavy atom. The number of carbonyl (C=O) groups is 2. The second-order valence-corrected chi connectivity index (χ2v) is 8.80. The van der Waals surface area contributed by atoms with E-state index in [2.05, 4.69) is 10.6 Å². The van der Waals surface area contributed by atoms with Crippen LogP contribution in [0.4, 0.5) is 11.4 Å². The first-order valence-corrected chi connectivity index (χ1v) is 11.4. The third-order valence-electron chi connectivity index (χ3n) is 4.90. The van der Waals surface area contributed by atoms with Crippen molar-refractivity contribution in [1.29, 1.82) is 0 Å². The summed E-state index contributed by atoms with van der Waals surface area (Å²) < 4.78 is 5.94. The van der Waals surface area contributed by atoms with Crippen LogP contribution in [0.3, 0.4) is 0 Å². The molecule has 0 saturated carbocycles. The zero-order valence-electron chi connectivity index (χ0n) is 17.6. The molecule has 0 aliphatic rings. The van der Waals surface area contributed by atoms with E-state index >= 15 is 0 Å². The molecule has 4 aromatic rings. The Hall–Kier alpha value is -3.22. The molecule has 0 unspecified atom stereocenters. The van der Waals surface area contributed by atoms with Crippen molar-refractivity contribution in [2.75, 3.05) is 10.6 Å². The highest BCUT2D eigenvalue weighted by molar-refractivity contribution is 7.98. The number of halogens is 1. The van der Waals surface area contributed by atoms with E-state index in [0.29, 0.717) is 27.7 Å². The topological polar surface area (TPSA) is 71.3 Å². The molecular weight excluding hydrogens is 444 g/mol. The normalized spacial score (nSPS) is 10.8. The van der Waals surface area contributed by atoms with Crippen molar-refractivity contribution in [3.63, 3.8) is 0 Å². The number of fused-ring (bicyclic) bond motifs is 1. The molecule has 2 N–H and O–H groups in total. The Morgan fingerprint density at radius 2 is 1.75 bits per heavy atom. The second kappa shape index (κ2) is 9.51. The maximum Gasteiger partial charge on any atom is 0.291 e. The van der Waals surface area contributed by atoms with Crippen LogP contribution in [0.1, 0.15) is 28.6 Å². The van der Waals surface area contributed by atoms with Gasteiger partial charge in [-0.15, -0.1) is 11.8 Å². The molecule has 0 atom stereocenters. The Morgan fingerprint density at radius 3 is 2.47 bits per heavy atom. The molecule has 0 fully saturated rings. The van der Waals surface area contributed by atoms with Gasteiger partial charge < -0.3 is 15.1 Å². The summed E-state index contributed by atoms with van der Waals surface area (Å²) in [6.07, 6.45) is 0. The van der Waals surface area contributed by atoms with Crippen LogP contribution in [0, 0.1) is 6.92 Å². The number of aryl methyl sites for hydroxylation is 1. The van der Waals surface area contributed by atoms with Crippen LogP contribution in [0.2, 0.25) is 5.02 Å². The van der Waals surface area contributed by atoms with Gasteiger partial charge in [0.1, 0.15) is 5.58 Å². The lowest BCUT2D eigenvalue weighted by Gasteiger charge is -2.10. The zero-order chi connectivity index (χ0) is 22.7. The lowest BCUT2D eigenvalue weighted by Crippen LogP contribution is -2.13. The number of thioether (sulfide) groups is 1. The quantitative estimate of drug-likeness (QED) is 0.304. The van der Waals surface area contributed by atoms with E-state index in [9.17, 15) is 9.59 Å². The first kappa shape index (κ1) is 22.0. The molecular formula is C25H21ClN2O3S. The van der Waals surface area contributed by atoms with Gasteiger partial charge in [-0.25, -0.2) is 0 Å². The van der Waals surface area contributed by atoms with Crippen molar-refractivity contribution < 1.29 is 14.0 Å². The smallest absolute Gasteiger partial charge is 0.291 e. The summed E-state index contributed by atoms with van der Waals surface area (Å²) in [5.74, 6) is 0.396. The monoisotopic (exact) mass is 464 g/mol. The number of rotatable bonds is 6. The lowest BCUT2D eigenvalue weighted by molar-refractivity contribution is -0.114. The standard InChI is InChI=1S/C25H21ClN2O3S/c1-15-13-18(9-12-22(15)27-16(2)29)28-25(30)24-21(20-5-3-4-6-23(20)31-24)14-32-19-10-7-17(26)8-11-19/h3-13H,14H2,1-2H3,(H,27,29)(H,28,30). The van der Waals surface area contributed by atoms with Crippen molar-refractivity contribution in [1.82, 2.24) is 0 Å². The summed E-state index contributed by atoms with van der Waals surface area (Å²) >= 11 is 7.59. The number of anilines is 2. The minimum atomic E-state index is -0.320. The lowest BCUT2D eigenvalue weighted by atomic mass is 10.1. The number of para-hydroxylation sites is 1. The molecule has 0 bridgehead atoms. The van der Waals surface area contributed by atoms with E-state index in [0.717, 1.165) is 21.4 Å². The van der Waals surface area contributed by atoms with E-state index in [1.165, 1.54) is 6.92 Å². The van der Waals surface area contributed by atoms with Gasteiger partial charge in [0, 0.05) is 44.9 Å². The molecule has 4 rings (SSSR count). The minimum Gasteiger partial charge on any atom is -0.451 e. The fraction of sp³-hybridized carbons (Fsp3) is 0.120. The molecule has 1 heterocycles. The maximum absolute atomic E-state index is 13.1. The SMILES string of the molecule is CC(=O)Nc1ccc(NC(=O)c2oc3ccccc3c2CSc2ccc(Cl)cc2)cc1C. The van der Waals surface area contributed by atoms with Crippen LogP contribution in [-0.2, 0) is 10.5 Å². The first-order valence-electron chi connectivity index (χ1n) is 9.99. The van der Waals surface area contributed by atoms with Gasteiger partial charge in [0.2, 0.25) is 5.91 Å². The van der Waals surface area contributed by atoms with Crippen LogP contribution < -0.4 is 10.6 Å². The number of carbonyl (C=O) groups excluding carboxylic acids is 2. The number of benzene rings is 3. The molecule has 0 radical (unpaired) electrons.